The van der Waals surface area contributed by atoms with Crippen molar-refractivity contribution in [1.82, 2.24) is 24.4 Å². The molecule has 9 nitrogen and oxygen atoms in total. The molecule has 0 radical (unpaired) electrons. The largest absolute Gasteiger partial charge is 0.329 e. The fraction of sp³-hybridized carbons (Fsp3) is 1.00. The zero-order valence-electron chi connectivity index (χ0n) is 19.6. The maximum atomic E-state index is 6.49. The average Bonchev–Trinajstić information content (AvgIpc) is 2.71. The minimum Gasteiger partial charge on any atom is -0.329 e. The van der Waals surface area contributed by atoms with Crippen LogP contribution in [0.1, 0.15) is 13.8 Å². The summed E-state index contributed by atoms with van der Waals surface area (Å²) in [5, 5.41) is 3.49. The highest BCUT2D eigenvalue weighted by atomic mass is 35.5. The van der Waals surface area contributed by atoms with E-state index in [-0.39, 0.29) is 0 Å². The van der Waals surface area contributed by atoms with Gasteiger partial charge in [-0.3, -0.25) is 14.7 Å². The van der Waals surface area contributed by atoms with Crippen LogP contribution in [0.3, 0.4) is 0 Å². The van der Waals surface area contributed by atoms with Crippen molar-refractivity contribution >= 4 is 11.8 Å². The molecule has 0 bridgehead atoms. The first-order valence-corrected chi connectivity index (χ1v) is 11.9. The molecule has 0 rings (SSSR count). The lowest BCUT2D eigenvalue weighted by Gasteiger charge is -2.28. The Balaban J connectivity index is 4.24. The zero-order valence-corrected chi connectivity index (χ0v) is 20.3. The van der Waals surface area contributed by atoms with Gasteiger partial charge in [-0.2, -0.15) is 0 Å². The highest BCUT2D eigenvalue weighted by Crippen LogP contribution is 1.99. The minimum atomic E-state index is 0.643. The van der Waals surface area contributed by atoms with E-state index in [1.54, 1.807) is 0 Å². The van der Waals surface area contributed by atoms with E-state index >= 15 is 0 Å². The quantitative estimate of drug-likeness (QED) is 0.0978. The second-order valence-corrected chi connectivity index (χ2v) is 8.67. The molecule has 0 amide bonds. The van der Waals surface area contributed by atoms with Gasteiger partial charge in [0.15, 0.2) is 0 Å². The summed E-state index contributed by atoms with van der Waals surface area (Å²) in [7, 11) is 0. The van der Waals surface area contributed by atoms with Gasteiger partial charge in [-0.1, -0.05) is 13.8 Å². The molecular weight excluding hydrogens is 402 g/mol. The molecule has 0 saturated carbocycles. The Labute approximate surface area is 190 Å². The lowest BCUT2D eigenvalue weighted by atomic mass is 10.2. The van der Waals surface area contributed by atoms with Crippen molar-refractivity contribution in [2.45, 2.75) is 13.8 Å². The van der Waals surface area contributed by atoms with Crippen LogP contribution < -0.4 is 28.3 Å². The summed E-state index contributed by atoms with van der Waals surface area (Å²) in [5.74, 6) is 0.667. The van der Waals surface area contributed by atoms with E-state index < -0.39 is 0 Å². The number of hydrogen-bond acceptors (Lipinski definition) is 9. The third-order valence-electron chi connectivity index (χ3n) is 4.99. The van der Waals surface area contributed by atoms with Gasteiger partial charge in [0.1, 0.15) is 0 Å². The first kappa shape index (κ1) is 29.9. The van der Waals surface area contributed by atoms with Crippen molar-refractivity contribution < 1.29 is 0 Å². The van der Waals surface area contributed by atoms with Crippen molar-refractivity contribution in [2.75, 3.05) is 111 Å². The second-order valence-electron chi connectivity index (χ2n) is 8.19. The number of nitrogens with zero attached hydrogens (tertiary/aromatic N) is 4. The predicted molar refractivity (Wildman–Crippen MR) is 131 cm³/mol. The average molecular weight is 452 g/mol. The first-order valence-electron chi connectivity index (χ1n) is 11.6. The fourth-order valence-corrected chi connectivity index (χ4v) is 3.41. The van der Waals surface area contributed by atoms with Gasteiger partial charge in [0.2, 0.25) is 0 Å². The molecule has 0 aliphatic heterocycles. The summed E-state index contributed by atoms with van der Waals surface area (Å²) in [6.45, 7) is 18.9. The molecule has 0 aliphatic rings. The Kier molecular flexibility index (Phi) is 20.8. The normalized spacial score (nSPS) is 12.4. The second kappa shape index (κ2) is 20.8. The molecule has 0 aromatic carbocycles. The Bertz CT molecular complexity index is 357. The highest BCUT2D eigenvalue weighted by Gasteiger charge is 2.11. The third-order valence-corrected chi connectivity index (χ3v) is 5.33. The molecule has 0 saturated heterocycles. The van der Waals surface area contributed by atoms with Gasteiger partial charge >= 0.3 is 0 Å². The van der Waals surface area contributed by atoms with Crippen LogP contribution in [0, 0.1) is 5.92 Å². The number of nitrogens with one attached hydrogen (secondary N) is 1. The standard InChI is InChI=1S/C20H50ClN9/c1-20(2)19-26-7-12-28(10-5-24)15-17-30(21)18-16-29(11-6-25)14-13-27(8-3-22)9-4-23/h20,26H,3-19,22-25H2,1-2H3. The molecular formula is C20H50ClN9. The lowest BCUT2D eigenvalue weighted by molar-refractivity contribution is 0.198. The third kappa shape index (κ3) is 17.6. The molecule has 0 atom stereocenters. The molecule has 30 heavy (non-hydrogen) atoms. The van der Waals surface area contributed by atoms with Gasteiger partial charge in [-0.25, -0.2) is 4.42 Å². The van der Waals surface area contributed by atoms with Crippen LogP contribution in [0.2, 0.25) is 0 Å². The topological polar surface area (TPSA) is 129 Å². The van der Waals surface area contributed by atoms with Crippen LogP contribution in [0.5, 0.6) is 0 Å². The van der Waals surface area contributed by atoms with Crippen LogP contribution in [-0.2, 0) is 0 Å². The van der Waals surface area contributed by atoms with Crippen molar-refractivity contribution in [1.29, 1.82) is 0 Å². The Morgan fingerprint density at radius 1 is 0.600 bits per heavy atom. The van der Waals surface area contributed by atoms with Crippen molar-refractivity contribution in [3.05, 3.63) is 0 Å². The van der Waals surface area contributed by atoms with Gasteiger partial charge in [-0.05, 0) is 24.2 Å². The number of halogens is 1. The van der Waals surface area contributed by atoms with Crippen LogP contribution in [-0.4, -0.2) is 130 Å². The van der Waals surface area contributed by atoms with Gasteiger partial charge < -0.3 is 28.3 Å². The summed E-state index contributed by atoms with van der Waals surface area (Å²) in [4.78, 5) is 7.04. The summed E-state index contributed by atoms with van der Waals surface area (Å²) < 4.78 is 1.88. The van der Waals surface area contributed by atoms with E-state index in [4.69, 9.17) is 34.7 Å². The van der Waals surface area contributed by atoms with E-state index in [0.29, 0.717) is 32.1 Å². The van der Waals surface area contributed by atoms with Crippen molar-refractivity contribution in [2.24, 2.45) is 28.9 Å². The molecule has 10 heteroatoms. The Morgan fingerprint density at radius 3 is 1.37 bits per heavy atom. The monoisotopic (exact) mass is 451 g/mol. The maximum Gasteiger partial charge on any atom is 0.0267 e. The van der Waals surface area contributed by atoms with E-state index in [2.05, 4.69) is 33.9 Å². The minimum absolute atomic E-state index is 0.643. The van der Waals surface area contributed by atoms with Gasteiger partial charge in [-0.15, -0.1) is 0 Å². The van der Waals surface area contributed by atoms with Crippen LogP contribution >= 0.6 is 11.8 Å². The molecule has 0 aliphatic carbocycles. The molecule has 9 N–H and O–H groups in total. The SMILES string of the molecule is CC(C)CNCCN(CCN)CCN(Cl)CCN(CCN)CCN(CCN)CCN. The van der Waals surface area contributed by atoms with E-state index in [1.807, 2.05) is 4.42 Å². The number of rotatable bonds is 22. The molecule has 182 valence electrons. The molecule has 0 aromatic rings. The van der Waals surface area contributed by atoms with E-state index in [9.17, 15) is 0 Å². The maximum absolute atomic E-state index is 6.49. The van der Waals surface area contributed by atoms with E-state index in [1.165, 1.54) is 0 Å². The summed E-state index contributed by atoms with van der Waals surface area (Å²) in [5.41, 5.74) is 23.0. The Hall–Kier alpha value is -0.0700. The molecule has 0 fully saturated rings. The summed E-state index contributed by atoms with van der Waals surface area (Å²) in [6, 6.07) is 0. The highest BCUT2D eigenvalue weighted by molar-refractivity contribution is 6.13. The summed E-state index contributed by atoms with van der Waals surface area (Å²) >= 11 is 6.49. The van der Waals surface area contributed by atoms with Crippen molar-refractivity contribution in [3.8, 4) is 0 Å². The molecule has 0 heterocycles. The fourth-order valence-electron chi connectivity index (χ4n) is 3.26. The number of nitrogens with two attached hydrogens (primary N) is 4. The van der Waals surface area contributed by atoms with Gasteiger partial charge in [0.05, 0.1) is 0 Å². The zero-order chi connectivity index (χ0) is 22.6. The van der Waals surface area contributed by atoms with Gasteiger partial charge in [0.25, 0.3) is 0 Å². The smallest absolute Gasteiger partial charge is 0.0267 e. The van der Waals surface area contributed by atoms with Crippen LogP contribution in [0.15, 0.2) is 0 Å². The number of hydrogen-bond donors (Lipinski definition) is 5. The van der Waals surface area contributed by atoms with Crippen molar-refractivity contribution in [3.63, 3.8) is 0 Å². The van der Waals surface area contributed by atoms with Gasteiger partial charge in [0, 0.05) is 105 Å². The van der Waals surface area contributed by atoms with Crippen LogP contribution in [0.25, 0.3) is 0 Å². The van der Waals surface area contributed by atoms with E-state index in [0.717, 1.165) is 85.1 Å². The molecule has 0 aromatic heterocycles. The van der Waals surface area contributed by atoms with Crippen LogP contribution in [0.4, 0.5) is 0 Å². The molecule has 0 unspecified atom stereocenters. The molecule has 0 spiro atoms. The Morgan fingerprint density at radius 2 is 0.967 bits per heavy atom. The summed E-state index contributed by atoms with van der Waals surface area (Å²) in [6.07, 6.45) is 0. The predicted octanol–water partition coefficient (Wildman–Crippen LogP) is -1.57. The lowest BCUT2D eigenvalue weighted by Crippen LogP contribution is -2.44. The first-order chi connectivity index (χ1) is 14.5.